The summed E-state index contributed by atoms with van der Waals surface area (Å²) in [6.45, 7) is 17.4. The molecule has 226 valence electrons. The van der Waals surface area contributed by atoms with Crippen molar-refractivity contribution in [2.24, 2.45) is 0 Å². The van der Waals surface area contributed by atoms with Crippen molar-refractivity contribution in [2.45, 2.75) is 71.5 Å². The van der Waals surface area contributed by atoms with Gasteiger partial charge in [0, 0.05) is 49.6 Å². The molecule has 3 heterocycles. The van der Waals surface area contributed by atoms with Gasteiger partial charge in [-0.25, -0.2) is 4.98 Å². The lowest BCUT2D eigenvalue weighted by Gasteiger charge is -2.37. The summed E-state index contributed by atoms with van der Waals surface area (Å²) in [6.07, 6.45) is -4.53. The van der Waals surface area contributed by atoms with Crippen molar-refractivity contribution in [1.82, 2.24) is 19.9 Å². The number of aromatic nitrogens is 3. The Labute approximate surface area is 240 Å². The summed E-state index contributed by atoms with van der Waals surface area (Å²) in [7, 11) is -2.00. The molecule has 0 bridgehead atoms. The second kappa shape index (κ2) is 11.8. The van der Waals surface area contributed by atoms with Crippen LogP contribution in [0, 0.1) is 6.92 Å². The van der Waals surface area contributed by atoms with Gasteiger partial charge in [0.2, 0.25) is 0 Å². The van der Waals surface area contributed by atoms with Crippen molar-refractivity contribution >= 4 is 37.0 Å². The van der Waals surface area contributed by atoms with E-state index in [9.17, 15) is 13.2 Å². The molecule has 1 fully saturated rings. The zero-order valence-corrected chi connectivity index (χ0v) is 25.9. The molecule has 0 spiro atoms. The normalized spacial score (nSPS) is 15.9. The fourth-order valence-corrected chi connectivity index (χ4v) is 5.50. The minimum Gasteiger partial charge on any atom is -0.415 e. The Morgan fingerprint density at radius 3 is 2.49 bits per heavy atom. The summed E-state index contributed by atoms with van der Waals surface area (Å²) in [5, 5.41) is 11.2. The number of fused-ring (bicyclic) bond motifs is 1. The number of nitrogens with zero attached hydrogens (tertiary/aromatic N) is 4. The highest BCUT2D eigenvalue weighted by molar-refractivity contribution is 6.74. The number of morpholine rings is 1. The first-order valence-electron chi connectivity index (χ1n) is 13.9. The van der Waals surface area contributed by atoms with Crippen molar-refractivity contribution in [1.29, 1.82) is 0 Å². The SMILES string of the molecule is Cc1nc2c(N)cc(N3CCOCC3)nn2c1Nc1cccc(C(F)(F)F)c1CNC(C)CO[Si](C)(C)C(C)(C)C. The predicted octanol–water partition coefficient (Wildman–Crippen LogP) is 5.72. The molecule has 41 heavy (non-hydrogen) atoms. The Kier molecular flexibility index (Phi) is 8.93. The average Bonchev–Trinajstić information content (AvgIpc) is 3.21. The summed E-state index contributed by atoms with van der Waals surface area (Å²) in [5.74, 6) is 1.11. The number of hydrogen-bond donors (Lipinski definition) is 3. The summed E-state index contributed by atoms with van der Waals surface area (Å²) >= 11 is 0. The minimum absolute atomic E-state index is 0.00950. The van der Waals surface area contributed by atoms with Crippen molar-refractivity contribution in [2.75, 3.05) is 48.9 Å². The number of hydrogen-bond acceptors (Lipinski definition) is 8. The molecule has 1 atom stereocenters. The Bertz CT molecular complexity index is 1370. The first-order valence-corrected chi connectivity index (χ1v) is 16.8. The highest BCUT2D eigenvalue weighted by atomic mass is 28.4. The first-order chi connectivity index (χ1) is 19.1. The number of imidazole rings is 1. The summed E-state index contributed by atoms with van der Waals surface area (Å²) in [6, 6.07) is 5.75. The van der Waals surface area contributed by atoms with Crippen LogP contribution in [0.4, 0.5) is 36.2 Å². The number of rotatable bonds is 9. The van der Waals surface area contributed by atoms with E-state index in [1.807, 2.05) is 6.92 Å². The molecule has 0 amide bonds. The molecule has 3 aromatic rings. The second-order valence-electron chi connectivity index (χ2n) is 12.1. The lowest BCUT2D eigenvalue weighted by Crippen LogP contribution is -2.44. The van der Waals surface area contributed by atoms with Gasteiger partial charge in [-0.05, 0) is 44.1 Å². The van der Waals surface area contributed by atoms with Crippen LogP contribution in [-0.2, 0) is 21.9 Å². The molecule has 1 unspecified atom stereocenters. The van der Waals surface area contributed by atoms with Crippen molar-refractivity contribution in [3.63, 3.8) is 0 Å². The van der Waals surface area contributed by atoms with Crippen LogP contribution in [0.5, 0.6) is 0 Å². The number of nitrogens with one attached hydrogen (secondary N) is 2. The lowest BCUT2D eigenvalue weighted by molar-refractivity contribution is -0.138. The van der Waals surface area contributed by atoms with Gasteiger partial charge >= 0.3 is 6.18 Å². The summed E-state index contributed by atoms with van der Waals surface area (Å²) < 4.78 is 55.8. The van der Waals surface area contributed by atoms with Gasteiger partial charge in [-0.3, -0.25) is 0 Å². The maximum atomic E-state index is 14.2. The molecular weight excluding hydrogens is 551 g/mol. The van der Waals surface area contributed by atoms with Crippen LogP contribution >= 0.6 is 0 Å². The number of aryl methyl sites for hydroxylation is 1. The van der Waals surface area contributed by atoms with E-state index in [2.05, 4.69) is 54.4 Å². The van der Waals surface area contributed by atoms with E-state index in [0.717, 1.165) is 6.07 Å². The minimum atomic E-state index is -4.53. The van der Waals surface area contributed by atoms with Gasteiger partial charge < -0.3 is 30.4 Å². The largest absolute Gasteiger partial charge is 0.416 e. The summed E-state index contributed by atoms with van der Waals surface area (Å²) in [4.78, 5) is 6.62. The van der Waals surface area contributed by atoms with E-state index in [1.165, 1.54) is 6.07 Å². The standard InChI is InChI=1S/C28H42F3N7O2Si/c1-18(17-40-41(6,7)27(3,4)5)33-16-20-21(28(29,30)31)9-8-10-23(20)35-25-19(2)34-26-22(32)15-24(36-38(25)26)37-11-13-39-14-12-37/h8-10,15,18,33,35H,11-14,16-17,32H2,1-7H3. The van der Waals surface area contributed by atoms with Crippen LogP contribution in [-0.4, -0.2) is 61.9 Å². The molecule has 1 aliphatic rings. The zero-order chi connectivity index (χ0) is 30.2. The van der Waals surface area contributed by atoms with Crippen LogP contribution in [0.2, 0.25) is 18.1 Å². The molecule has 2 aromatic heterocycles. The van der Waals surface area contributed by atoms with Gasteiger partial charge in [0.05, 0.1) is 30.2 Å². The van der Waals surface area contributed by atoms with Crippen LogP contribution in [0.15, 0.2) is 24.3 Å². The molecule has 9 nitrogen and oxygen atoms in total. The number of nitrogens with two attached hydrogens (primary N) is 1. The number of halogens is 3. The van der Waals surface area contributed by atoms with Gasteiger partial charge in [0.1, 0.15) is 0 Å². The van der Waals surface area contributed by atoms with Crippen LogP contribution in [0.25, 0.3) is 5.65 Å². The van der Waals surface area contributed by atoms with E-state index >= 15 is 0 Å². The molecule has 4 rings (SSSR count). The van der Waals surface area contributed by atoms with Crippen LogP contribution in [0.1, 0.15) is 44.5 Å². The molecule has 0 saturated carbocycles. The number of nitrogen functional groups attached to an aromatic ring is 1. The topological polar surface area (TPSA) is 102 Å². The van der Waals surface area contributed by atoms with Gasteiger partial charge in [-0.15, -0.1) is 5.10 Å². The smallest absolute Gasteiger partial charge is 0.415 e. The predicted molar refractivity (Wildman–Crippen MR) is 159 cm³/mol. The fourth-order valence-electron chi connectivity index (χ4n) is 4.40. The Morgan fingerprint density at radius 1 is 1.17 bits per heavy atom. The third-order valence-electron chi connectivity index (χ3n) is 7.97. The molecule has 1 aromatic carbocycles. The summed E-state index contributed by atoms with van der Waals surface area (Å²) in [5.41, 5.74) is 7.48. The third kappa shape index (κ3) is 6.96. The third-order valence-corrected chi connectivity index (χ3v) is 12.5. The fraction of sp³-hybridized carbons (Fsp3) is 0.571. The van der Waals surface area contributed by atoms with Gasteiger partial charge in [0.25, 0.3) is 0 Å². The number of alkyl halides is 3. The zero-order valence-electron chi connectivity index (χ0n) is 24.9. The number of benzene rings is 1. The second-order valence-corrected chi connectivity index (χ2v) is 17.0. The van der Waals surface area contributed by atoms with E-state index < -0.39 is 20.1 Å². The van der Waals surface area contributed by atoms with Gasteiger partial charge in [0.15, 0.2) is 25.6 Å². The van der Waals surface area contributed by atoms with Gasteiger partial charge in [-0.1, -0.05) is 26.8 Å². The molecule has 13 heteroatoms. The molecule has 0 radical (unpaired) electrons. The van der Waals surface area contributed by atoms with E-state index in [1.54, 1.807) is 23.6 Å². The Morgan fingerprint density at radius 2 is 1.85 bits per heavy atom. The Balaban J connectivity index is 1.64. The Hall–Kier alpha value is -2.87. The molecule has 0 aliphatic carbocycles. The maximum Gasteiger partial charge on any atom is 0.416 e. The first kappa shape index (κ1) is 31.1. The van der Waals surface area contributed by atoms with Crippen LogP contribution in [0.3, 0.4) is 0 Å². The highest BCUT2D eigenvalue weighted by Gasteiger charge is 2.38. The average molecular weight is 594 g/mol. The van der Waals surface area contributed by atoms with Crippen LogP contribution < -0.4 is 21.3 Å². The van der Waals surface area contributed by atoms with E-state index in [4.69, 9.17) is 20.0 Å². The molecule has 1 saturated heterocycles. The van der Waals surface area contributed by atoms with E-state index in [-0.39, 0.29) is 23.2 Å². The van der Waals surface area contributed by atoms with Crippen molar-refractivity contribution < 1.29 is 22.3 Å². The van der Waals surface area contributed by atoms with Crippen molar-refractivity contribution in [3.05, 3.63) is 41.1 Å². The van der Waals surface area contributed by atoms with Crippen molar-refractivity contribution in [3.8, 4) is 0 Å². The molecule has 1 aliphatic heterocycles. The quantitative estimate of drug-likeness (QED) is 0.271. The monoisotopic (exact) mass is 593 g/mol. The molecule has 4 N–H and O–H groups in total. The van der Waals surface area contributed by atoms with Gasteiger partial charge in [-0.2, -0.15) is 17.7 Å². The number of anilines is 4. The lowest BCUT2D eigenvalue weighted by atomic mass is 10.0. The number of ether oxygens (including phenoxy) is 1. The highest BCUT2D eigenvalue weighted by Crippen LogP contribution is 2.38. The maximum absolute atomic E-state index is 14.2. The van der Waals surface area contributed by atoms with E-state index in [0.29, 0.717) is 67.3 Å². The molecular formula is C28H42F3N7O2Si.